The zero-order valence-electron chi connectivity index (χ0n) is 13.4. The van der Waals surface area contributed by atoms with Crippen LogP contribution in [0.15, 0.2) is 17.0 Å². The molecule has 0 amide bonds. The van der Waals surface area contributed by atoms with Gasteiger partial charge in [-0.15, -0.1) is 0 Å². The summed E-state index contributed by atoms with van der Waals surface area (Å²) >= 11 is 0. The van der Waals surface area contributed by atoms with Crippen LogP contribution in [0.25, 0.3) is 0 Å². The summed E-state index contributed by atoms with van der Waals surface area (Å²) in [5, 5.41) is 10.2. The summed E-state index contributed by atoms with van der Waals surface area (Å²) in [7, 11) is -3.68. The molecule has 0 aliphatic rings. The van der Waals surface area contributed by atoms with Gasteiger partial charge in [0.2, 0.25) is 10.0 Å². The Bertz CT molecular complexity index is 584. The summed E-state index contributed by atoms with van der Waals surface area (Å²) in [5.74, 6) is 0.279. The Balaban J connectivity index is 2.93. The number of benzene rings is 1. The van der Waals surface area contributed by atoms with Crippen molar-refractivity contribution in [1.29, 1.82) is 0 Å². The van der Waals surface area contributed by atoms with Gasteiger partial charge >= 0.3 is 0 Å². The standard InChI is InChI=1S/C15H26N2O3S/c1-10(2)8-15(5,18)9-17-21(19,20)13-6-11(3)12(4)14(16)7-13/h6-7,10,17-18H,8-9,16H2,1-5H3. The molecule has 1 atom stereocenters. The molecule has 4 N–H and O–H groups in total. The Morgan fingerprint density at radius 2 is 1.90 bits per heavy atom. The molecule has 6 heteroatoms. The fraction of sp³-hybridized carbons (Fsp3) is 0.600. The van der Waals surface area contributed by atoms with Gasteiger partial charge in [0.1, 0.15) is 0 Å². The quantitative estimate of drug-likeness (QED) is 0.700. The Morgan fingerprint density at radius 1 is 1.33 bits per heavy atom. The predicted molar refractivity (Wildman–Crippen MR) is 85.6 cm³/mol. The number of anilines is 1. The molecule has 120 valence electrons. The van der Waals surface area contributed by atoms with Crippen molar-refractivity contribution in [3.8, 4) is 0 Å². The van der Waals surface area contributed by atoms with E-state index < -0.39 is 15.6 Å². The summed E-state index contributed by atoms with van der Waals surface area (Å²) in [6, 6.07) is 3.03. The average Bonchev–Trinajstić information content (AvgIpc) is 2.31. The van der Waals surface area contributed by atoms with Crippen LogP contribution in [0.4, 0.5) is 5.69 Å². The Kier molecular flexibility index (Phi) is 5.41. The van der Waals surface area contributed by atoms with Gasteiger partial charge in [-0.3, -0.25) is 0 Å². The van der Waals surface area contributed by atoms with Crippen LogP contribution in [0.2, 0.25) is 0 Å². The fourth-order valence-corrected chi connectivity index (χ4v) is 3.57. The maximum Gasteiger partial charge on any atom is 0.240 e. The largest absolute Gasteiger partial charge is 0.398 e. The van der Waals surface area contributed by atoms with Gasteiger partial charge < -0.3 is 10.8 Å². The van der Waals surface area contributed by atoms with Crippen molar-refractivity contribution in [2.45, 2.75) is 51.5 Å². The van der Waals surface area contributed by atoms with E-state index in [1.54, 1.807) is 13.0 Å². The molecule has 1 rings (SSSR count). The average molecular weight is 314 g/mol. The number of hydrogen-bond acceptors (Lipinski definition) is 4. The van der Waals surface area contributed by atoms with Crippen LogP contribution in [-0.4, -0.2) is 25.7 Å². The van der Waals surface area contributed by atoms with Gasteiger partial charge in [-0.25, -0.2) is 13.1 Å². The minimum atomic E-state index is -3.68. The van der Waals surface area contributed by atoms with Crippen molar-refractivity contribution >= 4 is 15.7 Å². The monoisotopic (exact) mass is 314 g/mol. The normalized spacial score (nSPS) is 15.2. The molecule has 1 aromatic carbocycles. The summed E-state index contributed by atoms with van der Waals surface area (Å²) in [6.07, 6.45) is 0.518. The third-order valence-electron chi connectivity index (χ3n) is 3.48. The minimum absolute atomic E-state index is 0.0274. The van der Waals surface area contributed by atoms with Crippen molar-refractivity contribution < 1.29 is 13.5 Å². The Labute approximate surface area is 127 Å². The lowest BCUT2D eigenvalue weighted by Crippen LogP contribution is -2.41. The van der Waals surface area contributed by atoms with Gasteiger partial charge in [-0.1, -0.05) is 13.8 Å². The minimum Gasteiger partial charge on any atom is -0.398 e. The number of nitrogens with two attached hydrogens (primary N) is 1. The van der Waals surface area contributed by atoms with Gasteiger partial charge in [0, 0.05) is 12.2 Å². The zero-order valence-corrected chi connectivity index (χ0v) is 14.2. The molecule has 21 heavy (non-hydrogen) atoms. The highest BCUT2D eigenvalue weighted by Crippen LogP contribution is 2.22. The molecule has 0 fully saturated rings. The van der Waals surface area contributed by atoms with Crippen LogP contribution in [0.5, 0.6) is 0 Å². The summed E-state index contributed by atoms with van der Waals surface area (Å²) in [4.78, 5) is 0.128. The van der Waals surface area contributed by atoms with Crippen molar-refractivity contribution in [3.63, 3.8) is 0 Å². The van der Waals surface area contributed by atoms with Crippen LogP contribution < -0.4 is 10.5 Å². The van der Waals surface area contributed by atoms with Crippen LogP contribution in [0.3, 0.4) is 0 Å². The van der Waals surface area contributed by atoms with E-state index in [1.165, 1.54) is 6.07 Å². The van der Waals surface area contributed by atoms with Crippen LogP contribution in [0, 0.1) is 19.8 Å². The molecule has 0 radical (unpaired) electrons. The van der Waals surface area contributed by atoms with E-state index in [2.05, 4.69) is 4.72 Å². The number of nitrogens with one attached hydrogen (secondary N) is 1. The summed E-state index contributed by atoms with van der Waals surface area (Å²) < 4.78 is 27.1. The van der Waals surface area contributed by atoms with Crippen molar-refractivity contribution in [1.82, 2.24) is 4.72 Å². The van der Waals surface area contributed by atoms with Gasteiger partial charge in [0.25, 0.3) is 0 Å². The van der Waals surface area contributed by atoms with E-state index in [0.29, 0.717) is 12.1 Å². The topological polar surface area (TPSA) is 92.4 Å². The van der Waals surface area contributed by atoms with E-state index in [9.17, 15) is 13.5 Å². The molecule has 0 heterocycles. The smallest absolute Gasteiger partial charge is 0.240 e. The molecule has 0 saturated carbocycles. The van der Waals surface area contributed by atoms with Gasteiger partial charge in [-0.05, 0) is 56.4 Å². The highest BCUT2D eigenvalue weighted by atomic mass is 32.2. The SMILES string of the molecule is Cc1cc(S(=O)(=O)NCC(C)(O)CC(C)C)cc(N)c1C. The van der Waals surface area contributed by atoms with E-state index in [1.807, 2.05) is 27.7 Å². The first kappa shape index (κ1) is 17.9. The second kappa shape index (κ2) is 6.34. The molecular formula is C15H26N2O3S. The van der Waals surface area contributed by atoms with Gasteiger partial charge in [0.05, 0.1) is 10.5 Å². The molecular weight excluding hydrogens is 288 g/mol. The molecule has 0 aliphatic carbocycles. The number of aryl methyl sites for hydroxylation is 1. The van der Waals surface area contributed by atoms with Crippen molar-refractivity contribution in [3.05, 3.63) is 23.3 Å². The number of rotatable bonds is 6. The van der Waals surface area contributed by atoms with Crippen LogP contribution in [0.1, 0.15) is 38.3 Å². The molecule has 0 saturated heterocycles. The molecule has 0 aliphatic heterocycles. The summed E-state index contributed by atoms with van der Waals surface area (Å²) in [6.45, 7) is 9.23. The fourth-order valence-electron chi connectivity index (χ4n) is 2.29. The molecule has 1 aromatic rings. The molecule has 1 unspecified atom stereocenters. The second-order valence-corrected chi connectivity index (χ2v) is 8.14. The molecule has 5 nitrogen and oxygen atoms in total. The number of sulfonamides is 1. The third kappa shape index (κ3) is 4.98. The third-order valence-corrected chi connectivity index (χ3v) is 4.86. The van der Waals surface area contributed by atoms with Crippen LogP contribution >= 0.6 is 0 Å². The first-order valence-corrected chi connectivity index (χ1v) is 8.52. The molecule has 0 aromatic heterocycles. The highest BCUT2D eigenvalue weighted by Gasteiger charge is 2.25. The van der Waals surface area contributed by atoms with E-state index in [-0.39, 0.29) is 17.4 Å². The maximum absolute atomic E-state index is 12.3. The zero-order chi connectivity index (χ0) is 16.4. The maximum atomic E-state index is 12.3. The lowest BCUT2D eigenvalue weighted by atomic mass is 9.95. The van der Waals surface area contributed by atoms with Crippen molar-refractivity contribution in [2.24, 2.45) is 5.92 Å². The molecule has 0 bridgehead atoms. The van der Waals surface area contributed by atoms with E-state index in [4.69, 9.17) is 5.73 Å². The molecule has 0 spiro atoms. The van der Waals surface area contributed by atoms with E-state index in [0.717, 1.165) is 11.1 Å². The Hall–Kier alpha value is -1.11. The lowest BCUT2D eigenvalue weighted by Gasteiger charge is -2.25. The summed E-state index contributed by atoms with van der Waals surface area (Å²) in [5.41, 5.74) is 6.90. The van der Waals surface area contributed by atoms with Gasteiger partial charge in [0.15, 0.2) is 0 Å². The van der Waals surface area contributed by atoms with E-state index >= 15 is 0 Å². The Morgan fingerprint density at radius 3 is 2.38 bits per heavy atom. The van der Waals surface area contributed by atoms with Gasteiger partial charge in [-0.2, -0.15) is 0 Å². The number of nitrogen functional groups attached to an aromatic ring is 1. The first-order valence-electron chi connectivity index (χ1n) is 7.03. The van der Waals surface area contributed by atoms with Crippen molar-refractivity contribution in [2.75, 3.05) is 12.3 Å². The highest BCUT2D eigenvalue weighted by molar-refractivity contribution is 7.89. The first-order chi connectivity index (χ1) is 9.44. The number of hydrogen-bond donors (Lipinski definition) is 3. The number of aliphatic hydroxyl groups is 1. The van der Waals surface area contributed by atoms with Crippen LogP contribution in [-0.2, 0) is 10.0 Å². The predicted octanol–water partition coefficient (Wildman–Crippen LogP) is 1.96. The lowest BCUT2D eigenvalue weighted by molar-refractivity contribution is 0.0437. The second-order valence-electron chi connectivity index (χ2n) is 6.37.